The molecule has 84 valence electrons. The van der Waals surface area contributed by atoms with Gasteiger partial charge in [0.05, 0.1) is 0 Å². The molecule has 1 aromatic rings. The monoisotopic (exact) mass is 219 g/mol. The number of aliphatic hydroxyl groups excluding tert-OH is 1. The molecular formula is C10H12F3NO. The van der Waals surface area contributed by atoms with Gasteiger partial charge in [0.1, 0.15) is 0 Å². The number of aliphatic hydroxyl groups is 1. The lowest BCUT2D eigenvalue weighted by atomic mass is 10.2. The van der Waals surface area contributed by atoms with Gasteiger partial charge in [0.25, 0.3) is 0 Å². The van der Waals surface area contributed by atoms with Crippen LogP contribution in [0.15, 0.2) is 30.3 Å². The van der Waals surface area contributed by atoms with Crippen LogP contribution in [0.3, 0.4) is 0 Å². The topological polar surface area (TPSA) is 32.3 Å². The fraction of sp³-hybridized carbons (Fsp3) is 0.400. The molecule has 0 radical (unpaired) electrons. The highest BCUT2D eigenvalue weighted by Crippen LogP contribution is 2.22. The van der Waals surface area contributed by atoms with Gasteiger partial charge in [-0.15, -0.1) is 0 Å². The molecule has 0 bridgehead atoms. The van der Waals surface area contributed by atoms with E-state index in [1.165, 1.54) is 0 Å². The predicted molar refractivity (Wildman–Crippen MR) is 51.6 cm³/mol. The second-order valence-corrected chi connectivity index (χ2v) is 3.14. The summed E-state index contributed by atoms with van der Waals surface area (Å²) in [6.07, 6.45) is -7.13. The second kappa shape index (κ2) is 5.02. The molecule has 0 unspecified atom stereocenters. The summed E-state index contributed by atoms with van der Waals surface area (Å²) in [5.74, 6) is 0. The van der Waals surface area contributed by atoms with Crippen LogP contribution in [0.4, 0.5) is 18.9 Å². The predicted octanol–water partition coefficient (Wildman–Crippen LogP) is 2.41. The largest absolute Gasteiger partial charge is 0.414 e. The lowest BCUT2D eigenvalue weighted by molar-refractivity contribution is -0.204. The highest BCUT2D eigenvalue weighted by molar-refractivity contribution is 5.42. The minimum Gasteiger partial charge on any atom is -0.385 e. The van der Waals surface area contributed by atoms with E-state index in [2.05, 4.69) is 5.32 Å². The van der Waals surface area contributed by atoms with Crippen LogP contribution in [-0.4, -0.2) is 23.9 Å². The molecular weight excluding hydrogens is 207 g/mol. The average Bonchev–Trinajstić information content (AvgIpc) is 2.18. The van der Waals surface area contributed by atoms with Gasteiger partial charge in [-0.1, -0.05) is 18.2 Å². The number of rotatable bonds is 4. The van der Waals surface area contributed by atoms with Gasteiger partial charge in [-0.25, -0.2) is 0 Å². The number of halogens is 3. The first kappa shape index (κ1) is 11.8. The Balaban J connectivity index is 2.28. The molecule has 0 saturated heterocycles. The normalized spacial score (nSPS) is 13.6. The van der Waals surface area contributed by atoms with Crippen LogP contribution in [0.25, 0.3) is 0 Å². The molecule has 0 amide bonds. The van der Waals surface area contributed by atoms with Gasteiger partial charge in [-0.3, -0.25) is 0 Å². The lowest BCUT2D eigenvalue weighted by Gasteiger charge is -2.14. The molecule has 0 spiro atoms. The first-order valence-electron chi connectivity index (χ1n) is 4.54. The van der Waals surface area contributed by atoms with Crippen molar-refractivity contribution in [3.05, 3.63) is 30.3 Å². The third kappa shape index (κ3) is 4.20. The molecule has 15 heavy (non-hydrogen) atoms. The molecule has 0 saturated carbocycles. The van der Waals surface area contributed by atoms with Crippen LogP contribution in [0.5, 0.6) is 0 Å². The number of benzene rings is 1. The van der Waals surface area contributed by atoms with Gasteiger partial charge in [-0.05, 0) is 18.6 Å². The number of nitrogens with one attached hydrogen (secondary N) is 1. The van der Waals surface area contributed by atoms with E-state index in [-0.39, 0.29) is 13.0 Å². The van der Waals surface area contributed by atoms with E-state index in [0.29, 0.717) is 0 Å². The Morgan fingerprint density at radius 3 is 2.33 bits per heavy atom. The van der Waals surface area contributed by atoms with Crippen molar-refractivity contribution in [2.24, 2.45) is 0 Å². The van der Waals surface area contributed by atoms with Crippen LogP contribution in [0, 0.1) is 0 Å². The fourth-order valence-corrected chi connectivity index (χ4v) is 1.07. The summed E-state index contributed by atoms with van der Waals surface area (Å²) in [6.45, 7) is 0.0880. The first-order chi connectivity index (χ1) is 7.00. The van der Waals surface area contributed by atoms with E-state index in [0.717, 1.165) is 5.69 Å². The molecule has 0 fully saturated rings. The first-order valence-corrected chi connectivity index (χ1v) is 4.54. The fourth-order valence-electron chi connectivity index (χ4n) is 1.07. The standard InChI is InChI=1S/C10H12F3NO/c11-10(12,13)9(15)6-7-14-8-4-2-1-3-5-8/h1-5,9,14-15H,6-7H2/t9-/m1/s1. The van der Waals surface area contributed by atoms with Crippen LogP contribution in [0.2, 0.25) is 0 Å². The van der Waals surface area contributed by atoms with Crippen molar-refractivity contribution in [2.75, 3.05) is 11.9 Å². The lowest BCUT2D eigenvalue weighted by Crippen LogP contribution is -2.30. The molecule has 2 N–H and O–H groups in total. The van der Waals surface area contributed by atoms with Gasteiger partial charge in [-0.2, -0.15) is 13.2 Å². The van der Waals surface area contributed by atoms with Gasteiger partial charge < -0.3 is 10.4 Å². The van der Waals surface area contributed by atoms with Crippen LogP contribution >= 0.6 is 0 Å². The number of hydrogen-bond donors (Lipinski definition) is 2. The van der Waals surface area contributed by atoms with Crippen LogP contribution < -0.4 is 5.32 Å². The molecule has 2 nitrogen and oxygen atoms in total. The van der Waals surface area contributed by atoms with E-state index in [1.54, 1.807) is 24.3 Å². The zero-order valence-corrected chi connectivity index (χ0v) is 7.96. The number of anilines is 1. The van der Waals surface area contributed by atoms with Crippen LogP contribution in [0.1, 0.15) is 6.42 Å². The molecule has 0 aliphatic heterocycles. The number of hydrogen-bond acceptors (Lipinski definition) is 2. The number of alkyl halides is 3. The molecule has 1 rings (SSSR count). The Bertz CT molecular complexity index is 286. The smallest absolute Gasteiger partial charge is 0.385 e. The molecule has 5 heteroatoms. The highest BCUT2D eigenvalue weighted by atomic mass is 19.4. The molecule has 1 atom stereocenters. The van der Waals surface area contributed by atoms with Crippen molar-refractivity contribution < 1.29 is 18.3 Å². The van der Waals surface area contributed by atoms with Crippen molar-refractivity contribution in [3.8, 4) is 0 Å². The van der Waals surface area contributed by atoms with E-state index in [9.17, 15) is 13.2 Å². The average molecular weight is 219 g/mol. The summed E-state index contributed by atoms with van der Waals surface area (Å²) < 4.78 is 35.7. The van der Waals surface area contributed by atoms with Crippen molar-refractivity contribution in [3.63, 3.8) is 0 Å². The van der Waals surface area contributed by atoms with Crippen molar-refractivity contribution in [1.29, 1.82) is 0 Å². The summed E-state index contributed by atoms with van der Waals surface area (Å²) in [7, 11) is 0. The van der Waals surface area contributed by atoms with Crippen LogP contribution in [-0.2, 0) is 0 Å². The Labute approximate surface area is 85.7 Å². The molecule has 0 aliphatic carbocycles. The summed E-state index contributed by atoms with van der Waals surface area (Å²) >= 11 is 0. The maximum absolute atomic E-state index is 11.9. The quantitative estimate of drug-likeness (QED) is 0.815. The minimum atomic E-state index is -4.53. The maximum Gasteiger partial charge on any atom is 0.414 e. The summed E-state index contributed by atoms with van der Waals surface area (Å²) in [5.41, 5.74) is 0.742. The van der Waals surface area contributed by atoms with Crippen molar-refractivity contribution >= 4 is 5.69 Å². The Morgan fingerprint density at radius 1 is 1.20 bits per heavy atom. The molecule has 0 aromatic heterocycles. The molecule has 0 aliphatic rings. The van der Waals surface area contributed by atoms with Gasteiger partial charge >= 0.3 is 6.18 Å². The number of para-hydroxylation sites is 1. The summed E-state index contributed by atoms with van der Waals surface area (Å²) in [6, 6.07) is 8.88. The van der Waals surface area contributed by atoms with E-state index in [4.69, 9.17) is 5.11 Å². The molecule has 0 heterocycles. The van der Waals surface area contributed by atoms with Gasteiger partial charge in [0, 0.05) is 12.2 Å². The van der Waals surface area contributed by atoms with E-state index < -0.39 is 12.3 Å². The van der Waals surface area contributed by atoms with E-state index in [1.807, 2.05) is 6.07 Å². The zero-order valence-electron chi connectivity index (χ0n) is 7.96. The minimum absolute atomic E-state index is 0.0880. The second-order valence-electron chi connectivity index (χ2n) is 3.14. The Kier molecular flexibility index (Phi) is 3.96. The van der Waals surface area contributed by atoms with Crippen molar-refractivity contribution in [1.82, 2.24) is 0 Å². The maximum atomic E-state index is 11.9. The summed E-state index contributed by atoms with van der Waals surface area (Å²) in [5, 5.41) is 11.5. The Morgan fingerprint density at radius 2 is 1.80 bits per heavy atom. The van der Waals surface area contributed by atoms with Gasteiger partial charge in [0.15, 0.2) is 6.10 Å². The highest BCUT2D eigenvalue weighted by Gasteiger charge is 2.37. The Hall–Kier alpha value is -1.23. The van der Waals surface area contributed by atoms with Crippen molar-refractivity contribution in [2.45, 2.75) is 18.7 Å². The summed E-state index contributed by atoms with van der Waals surface area (Å²) in [4.78, 5) is 0. The molecule has 1 aromatic carbocycles. The SMILES string of the molecule is O[C@H](CCNc1ccccc1)C(F)(F)F. The van der Waals surface area contributed by atoms with Gasteiger partial charge in [0.2, 0.25) is 0 Å². The zero-order chi connectivity index (χ0) is 11.3. The third-order valence-electron chi connectivity index (χ3n) is 1.90. The van der Waals surface area contributed by atoms with E-state index >= 15 is 0 Å². The third-order valence-corrected chi connectivity index (χ3v) is 1.90.